The van der Waals surface area contributed by atoms with Crippen molar-refractivity contribution in [3.8, 4) is 11.3 Å². The molecular formula is C15H20N4O. The predicted molar refractivity (Wildman–Crippen MR) is 81.8 cm³/mol. The second-order valence-corrected chi connectivity index (χ2v) is 4.78. The maximum atomic E-state index is 8.89. The fourth-order valence-electron chi connectivity index (χ4n) is 1.82. The molecule has 0 aliphatic rings. The lowest BCUT2D eigenvalue weighted by Crippen LogP contribution is -2.14. The van der Waals surface area contributed by atoms with E-state index in [1.807, 2.05) is 36.4 Å². The Balaban J connectivity index is 2.34. The van der Waals surface area contributed by atoms with Gasteiger partial charge in [0.1, 0.15) is 5.82 Å². The van der Waals surface area contributed by atoms with Crippen LogP contribution in [0.15, 0.2) is 36.4 Å². The standard InChI is InChI=1S/C15H20N4O/c1-11(2)17-14-10-13(12-6-4-3-5-7-12)18-15(19-14)16-8-9-20/h3-7,10-11,20H,8-9H2,1-2H3,(H2,16,17,18,19). The Bertz CT molecular complexity index is 543. The topological polar surface area (TPSA) is 70.1 Å². The summed E-state index contributed by atoms with van der Waals surface area (Å²) in [6.45, 7) is 4.60. The fourth-order valence-corrected chi connectivity index (χ4v) is 1.82. The summed E-state index contributed by atoms with van der Waals surface area (Å²) in [5, 5.41) is 15.2. The van der Waals surface area contributed by atoms with E-state index < -0.39 is 0 Å². The molecule has 0 aliphatic heterocycles. The van der Waals surface area contributed by atoms with Crippen molar-refractivity contribution in [3.63, 3.8) is 0 Å². The van der Waals surface area contributed by atoms with Gasteiger partial charge < -0.3 is 15.7 Å². The number of nitrogens with zero attached hydrogens (tertiary/aromatic N) is 2. The molecule has 2 aromatic rings. The third-order valence-electron chi connectivity index (χ3n) is 2.63. The second kappa shape index (κ2) is 6.86. The van der Waals surface area contributed by atoms with Gasteiger partial charge in [0.2, 0.25) is 5.95 Å². The highest BCUT2D eigenvalue weighted by molar-refractivity contribution is 5.64. The number of anilines is 2. The molecular weight excluding hydrogens is 252 g/mol. The summed E-state index contributed by atoms with van der Waals surface area (Å²) >= 11 is 0. The van der Waals surface area contributed by atoms with E-state index in [9.17, 15) is 0 Å². The lowest BCUT2D eigenvalue weighted by Gasteiger charge is -2.13. The van der Waals surface area contributed by atoms with Crippen molar-refractivity contribution in [2.24, 2.45) is 0 Å². The van der Waals surface area contributed by atoms with Gasteiger partial charge in [-0.25, -0.2) is 4.98 Å². The summed E-state index contributed by atoms with van der Waals surface area (Å²) in [6.07, 6.45) is 0. The minimum absolute atomic E-state index is 0.0475. The number of nitrogens with one attached hydrogen (secondary N) is 2. The number of aliphatic hydroxyl groups is 1. The molecule has 2 rings (SSSR count). The van der Waals surface area contributed by atoms with Crippen LogP contribution in [0.25, 0.3) is 11.3 Å². The fraction of sp³-hybridized carbons (Fsp3) is 0.333. The molecule has 0 spiro atoms. The molecule has 1 aromatic heterocycles. The Hall–Kier alpha value is -2.14. The molecule has 0 saturated carbocycles. The van der Waals surface area contributed by atoms with Crippen molar-refractivity contribution in [2.45, 2.75) is 19.9 Å². The molecule has 1 heterocycles. The average Bonchev–Trinajstić information content (AvgIpc) is 2.45. The van der Waals surface area contributed by atoms with Gasteiger partial charge in [-0.15, -0.1) is 0 Å². The summed E-state index contributed by atoms with van der Waals surface area (Å²) in [7, 11) is 0. The Labute approximate surface area is 119 Å². The molecule has 106 valence electrons. The molecule has 0 amide bonds. The maximum absolute atomic E-state index is 8.89. The van der Waals surface area contributed by atoms with Crippen molar-refractivity contribution in [3.05, 3.63) is 36.4 Å². The van der Waals surface area contributed by atoms with Crippen molar-refractivity contribution >= 4 is 11.8 Å². The van der Waals surface area contributed by atoms with Gasteiger partial charge in [0, 0.05) is 24.2 Å². The zero-order valence-corrected chi connectivity index (χ0v) is 11.8. The quantitative estimate of drug-likeness (QED) is 0.753. The van der Waals surface area contributed by atoms with Gasteiger partial charge in [-0.3, -0.25) is 0 Å². The van der Waals surface area contributed by atoms with Crippen LogP contribution < -0.4 is 10.6 Å². The lowest BCUT2D eigenvalue weighted by atomic mass is 10.1. The Morgan fingerprint density at radius 2 is 1.90 bits per heavy atom. The number of aliphatic hydroxyl groups excluding tert-OH is 1. The van der Waals surface area contributed by atoms with Crippen molar-refractivity contribution in [2.75, 3.05) is 23.8 Å². The van der Waals surface area contributed by atoms with Gasteiger partial charge in [-0.05, 0) is 13.8 Å². The van der Waals surface area contributed by atoms with E-state index in [-0.39, 0.29) is 6.61 Å². The van der Waals surface area contributed by atoms with E-state index in [2.05, 4.69) is 34.4 Å². The largest absolute Gasteiger partial charge is 0.395 e. The van der Waals surface area contributed by atoms with Crippen molar-refractivity contribution < 1.29 is 5.11 Å². The van der Waals surface area contributed by atoms with Gasteiger partial charge in [-0.2, -0.15) is 4.98 Å². The first-order valence-corrected chi connectivity index (χ1v) is 6.75. The van der Waals surface area contributed by atoms with Gasteiger partial charge in [-0.1, -0.05) is 30.3 Å². The highest BCUT2D eigenvalue weighted by Crippen LogP contribution is 2.21. The van der Waals surface area contributed by atoms with Gasteiger partial charge in [0.15, 0.2) is 0 Å². The second-order valence-electron chi connectivity index (χ2n) is 4.78. The Morgan fingerprint density at radius 1 is 1.15 bits per heavy atom. The van der Waals surface area contributed by atoms with Crippen LogP contribution in [0.5, 0.6) is 0 Å². The van der Waals surface area contributed by atoms with Crippen LogP contribution in [-0.4, -0.2) is 34.3 Å². The third-order valence-corrected chi connectivity index (χ3v) is 2.63. The lowest BCUT2D eigenvalue weighted by molar-refractivity contribution is 0.311. The molecule has 3 N–H and O–H groups in total. The van der Waals surface area contributed by atoms with Crippen molar-refractivity contribution in [1.82, 2.24) is 9.97 Å². The van der Waals surface area contributed by atoms with E-state index in [4.69, 9.17) is 5.11 Å². The van der Waals surface area contributed by atoms with E-state index in [0.717, 1.165) is 17.1 Å². The predicted octanol–water partition coefficient (Wildman–Crippen LogP) is 2.37. The third kappa shape index (κ3) is 3.93. The molecule has 1 aromatic carbocycles. The van der Waals surface area contributed by atoms with Crippen LogP contribution in [0.2, 0.25) is 0 Å². The highest BCUT2D eigenvalue weighted by Gasteiger charge is 2.07. The molecule has 5 heteroatoms. The molecule has 0 radical (unpaired) electrons. The van der Waals surface area contributed by atoms with E-state index in [1.54, 1.807) is 0 Å². The Morgan fingerprint density at radius 3 is 2.55 bits per heavy atom. The molecule has 0 saturated heterocycles. The highest BCUT2D eigenvalue weighted by atomic mass is 16.3. The molecule has 20 heavy (non-hydrogen) atoms. The monoisotopic (exact) mass is 272 g/mol. The van der Waals surface area contributed by atoms with Crippen LogP contribution in [-0.2, 0) is 0 Å². The summed E-state index contributed by atoms with van der Waals surface area (Å²) in [5.41, 5.74) is 1.89. The first-order valence-electron chi connectivity index (χ1n) is 6.75. The van der Waals surface area contributed by atoms with Gasteiger partial charge in [0.05, 0.1) is 12.3 Å². The molecule has 0 aliphatic carbocycles. The molecule has 0 unspecified atom stereocenters. The minimum atomic E-state index is 0.0475. The average molecular weight is 272 g/mol. The number of hydrogen-bond donors (Lipinski definition) is 3. The molecule has 5 nitrogen and oxygen atoms in total. The molecule has 0 fully saturated rings. The first kappa shape index (κ1) is 14.3. The van der Waals surface area contributed by atoms with Gasteiger partial charge in [0.25, 0.3) is 0 Å². The van der Waals surface area contributed by atoms with E-state index in [1.165, 1.54) is 0 Å². The smallest absolute Gasteiger partial charge is 0.225 e. The number of benzene rings is 1. The zero-order valence-electron chi connectivity index (χ0n) is 11.8. The van der Waals surface area contributed by atoms with Crippen LogP contribution >= 0.6 is 0 Å². The number of aromatic nitrogens is 2. The zero-order chi connectivity index (χ0) is 14.4. The van der Waals surface area contributed by atoms with E-state index >= 15 is 0 Å². The van der Waals surface area contributed by atoms with Crippen LogP contribution in [0, 0.1) is 0 Å². The van der Waals surface area contributed by atoms with E-state index in [0.29, 0.717) is 18.5 Å². The summed E-state index contributed by atoms with van der Waals surface area (Å²) in [4.78, 5) is 8.87. The SMILES string of the molecule is CC(C)Nc1cc(-c2ccccc2)nc(NCCO)n1. The summed E-state index contributed by atoms with van der Waals surface area (Å²) < 4.78 is 0. The van der Waals surface area contributed by atoms with Crippen LogP contribution in [0.1, 0.15) is 13.8 Å². The van der Waals surface area contributed by atoms with Crippen molar-refractivity contribution in [1.29, 1.82) is 0 Å². The molecule has 0 atom stereocenters. The number of rotatable bonds is 6. The summed E-state index contributed by atoms with van der Waals surface area (Å²) in [6, 6.07) is 12.2. The maximum Gasteiger partial charge on any atom is 0.225 e. The number of hydrogen-bond acceptors (Lipinski definition) is 5. The molecule has 0 bridgehead atoms. The summed E-state index contributed by atoms with van der Waals surface area (Å²) in [5.74, 6) is 1.29. The van der Waals surface area contributed by atoms with Crippen LogP contribution in [0.4, 0.5) is 11.8 Å². The Kier molecular flexibility index (Phi) is 4.90. The van der Waals surface area contributed by atoms with Gasteiger partial charge >= 0.3 is 0 Å². The minimum Gasteiger partial charge on any atom is -0.395 e. The normalized spacial score (nSPS) is 10.6. The first-order chi connectivity index (χ1) is 9.69. The van der Waals surface area contributed by atoms with Crippen LogP contribution in [0.3, 0.4) is 0 Å².